The number of aryl methyl sites for hydroxylation is 2. The maximum Gasteiger partial charge on any atom is 0.133 e. The van der Waals surface area contributed by atoms with Gasteiger partial charge in [0.05, 0.1) is 17.6 Å². The van der Waals surface area contributed by atoms with E-state index in [0.29, 0.717) is 13.2 Å². The fourth-order valence-corrected chi connectivity index (χ4v) is 3.39. The molecular formula is C25H23ClN2O. The molecule has 0 bridgehead atoms. The number of rotatable bonds is 6. The molecule has 3 aromatic carbocycles. The molecule has 4 rings (SSSR count). The molecule has 0 aliphatic rings. The molecule has 0 unspecified atom stereocenters. The average molecular weight is 403 g/mol. The molecule has 146 valence electrons. The van der Waals surface area contributed by atoms with Crippen molar-refractivity contribution in [3.05, 3.63) is 94.3 Å². The van der Waals surface area contributed by atoms with Gasteiger partial charge in [-0.3, -0.25) is 0 Å². The number of halogens is 1. The Bertz CT molecular complexity index is 1160. The standard InChI is InChI=1S/C25H23ClN2O/c1-18-7-13-22(17-19(18)2)29-16-15-28-24-6-4-3-5-23(24)27-25(28)14-10-20-8-11-21(26)12-9-20/h3-14,17H,15-16H2,1-2H3/b14-10+. The van der Waals surface area contributed by atoms with E-state index in [1.807, 2.05) is 54.6 Å². The zero-order chi connectivity index (χ0) is 20.2. The molecule has 0 aliphatic carbocycles. The van der Waals surface area contributed by atoms with Gasteiger partial charge < -0.3 is 9.30 Å². The molecule has 0 N–H and O–H groups in total. The Morgan fingerprint density at radius 1 is 0.931 bits per heavy atom. The van der Waals surface area contributed by atoms with E-state index >= 15 is 0 Å². The van der Waals surface area contributed by atoms with Crippen LogP contribution >= 0.6 is 11.6 Å². The van der Waals surface area contributed by atoms with E-state index in [0.717, 1.165) is 33.2 Å². The lowest BCUT2D eigenvalue weighted by Gasteiger charge is -2.11. The number of nitrogens with zero attached hydrogens (tertiary/aromatic N) is 2. The predicted molar refractivity (Wildman–Crippen MR) is 122 cm³/mol. The highest BCUT2D eigenvalue weighted by Gasteiger charge is 2.08. The number of hydrogen-bond donors (Lipinski definition) is 0. The summed E-state index contributed by atoms with van der Waals surface area (Å²) < 4.78 is 8.20. The Kier molecular flexibility index (Phi) is 5.68. The molecule has 0 radical (unpaired) electrons. The summed E-state index contributed by atoms with van der Waals surface area (Å²) in [5.41, 5.74) is 5.68. The van der Waals surface area contributed by atoms with E-state index in [4.69, 9.17) is 21.3 Å². The first-order valence-corrected chi connectivity index (χ1v) is 10.1. The summed E-state index contributed by atoms with van der Waals surface area (Å²) in [6, 6.07) is 22.2. The number of imidazole rings is 1. The monoisotopic (exact) mass is 402 g/mol. The molecule has 0 saturated carbocycles. The van der Waals surface area contributed by atoms with Crippen molar-refractivity contribution in [3.8, 4) is 5.75 Å². The van der Waals surface area contributed by atoms with Crippen molar-refractivity contribution in [1.82, 2.24) is 9.55 Å². The van der Waals surface area contributed by atoms with E-state index < -0.39 is 0 Å². The average Bonchev–Trinajstić information content (AvgIpc) is 3.08. The Morgan fingerprint density at radius 2 is 1.72 bits per heavy atom. The third-order valence-electron chi connectivity index (χ3n) is 5.04. The molecule has 1 aromatic heterocycles. The van der Waals surface area contributed by atoms with Crippen LogP contribution in [0.25, 0.3) is 23.2 Å². The van der Waals surface area contributed by atoms with Crippen LogP contribution in [0.3, 0.4) is 0 Å². The SMILES string of the molecule is Cc1ccc(OCCn2c(/C=C/c3ccc(Cl)cc3)nc3ccccc32)cc1C. The topological polar surface area (TPSA) is 27.1 Å². The molecule has 4 heteroatoms. The highest BCUT2D eigenvalue weighted by molar-refractivity contribution is 6.30. The van der Waals surface area contributed by atoms with Gasteiger partial charge in [0.25, 0.3) is 0 Å². The number of hydrogen-bond acceptors (Lipinski definition) is 2. The molecular weight excluding hydrogens is 380 g/mol. The van der Waals surface area contributed by atoms with Gasteiger partial charge in [-0.05, 0) is 73.0 Å². The molecule has 0 fully saturated rings. The molecule has 4 aromatic rings. The summed E-state index contributed by atoms with van der Waals surface area (Å²) in [5, 5.41) is 0.734. The normalized spacial score (nSPS) is 11.4. The largest absolute Gasteiger partial charge is 0.492 e. The lowest BCUT2D eigenvalue weighted by atomic mass is 10.1. The van der Waals surface area contributed by atoms with Gasteiger partial charge in [0.1, 0.15) is 18.2 Å². The van der Waals surface area contributed by atoms with Gasteiger partial charge in [0, 0.05) is 5.02 Å². The Morgan fingerprint density at radius 3 is 2.52 bits per heavy atom. The Hall–Kier alpha value is -3.04. The zero-order valence-electron chi connectivity index (χ0n) is 16.6. The van der Waals surface area contributed by atoms with Crippen LogP contribution in [0.2, 0.25) is 5.02 Å². The lowest BCUT2D eigenvalue weighted by molar-refractivity contribution is 0.299. The summed E-state index contributed by atoms with van der Waals surface area (Å²) in [5.74, 6) is 1.81. The molecule has 29 heavy (non-hydrogen) atoms. The fourth-order valence-electron chi connectivity index (χ4n) is 3.26. The minimum atomic E-state index is 0.574. The van der Waals surface area contributed by atoms with Crippen molar-refractivity contribution in [2.45, 2.75) is 20.4 Å². The summed E-state index contributed by atoms with van der Waals surface area (Å²) in [6.07, 6.45) is 4.09. The van der Waals surface area contributed by atoms with Crippen LogP contribution in [-0.2, 0) is 6.54 Å². The summed E-state index contributed by atoms with van der Waals surface area (Å²) in [7, 11) is 0. The number of aromatic nitrogens is 2. The van der Waals surface area contributed by atoms with Crippen LogP contribution in [0, 0.1) is 13.8 Å². The molecule has 0 saturated heterocycles. The first-order valence-electron chi connectivity index (χ1n) is 9.69. The predicted octanol–water partition coefficient (Wildman–Crippen LogP) is 6.56. The van der Waals surface area contributed by atoms with Crippen molar-refractivity contribution in [2.75, 3.05) is 6.61 Å². The summed E-state index contributed by atoms with van der Waals surface area (Å²) in [4.78, 5) is 4.79. The number of ether oxygens (including phenoxy) is 1. The van der Waals surface area contributed by atoms with E-state index in [-0.39, 0.29) is 0 Å². The van der Waals surface area contributed by atoms with E-state index in [2.05, 4.69) is 42.7 Å². The second kappa shape index (κ2) is 8.54. The van der Waals surface area contributed by atoms with Gasteiger partial charge in [-0.2, -0.15) is 0 Å². The van der Waals surface area contributed by atoms with Crippen molar-refractivity contribution < 1.29 is 4.74 Å². The number of benzene rings is 3. The van der Waals surface area contributed by atoms with E-state index in [1.165, 1.54) is 11.1 Å². The molecule has 1 heterocycles. The first-order chi connectivity index (χ1) is 14.1. The van der Waals surface area contributed by atoms with Crippen LogP contribution in [0.4, 0.5) is 0 Å². The minimum Gasteiger partial charge on any atom is -0.492 e. The van der Waals surface area contributed by atoms with E-state index in [9.17, 15) is 0 Å². The van der Waals surface area contributed by atoms with Crippen LogP contribution < -0.4 is 4.74 Å². The minimum absolute atomic E-state index is 0.574. The van der Waals surface area contributed by atoms with Gasteiger partial charge in [0.2, 0.25) is 0 Å². The highest BCUT2D eigenvalue weighted by Crippen LogP contribution is 2.20. The Balaban J connectivity index is 1.56. The second-order valence-corrected chi connectivity index (χ2v) is 7.53. The molecule has 3 nitrogen and oxygen atoms in total. The molecule has 0 aliphatic heterocycles. The maximum atomic E-state index is 6.01. The third kappa shape index (κ3) is 4.52. The van der Waals surface area contributed by atoms with Crippen molar-refractivity contribution in [1.29, 1.82) is 0 Å². The van der Waals surface area contributed by atoms with Crippen LogP contribution in [-0.4, -0.2) is 16.2 Å². The van der Waals surface area contributed by atoms with Crippen LogP contribution in [0.5, 0.6) is 5.75 Å². The highest BCUT2D eigenvalue weighted by atomic mass is 35.5. The van der Waals surface area contributed by atoms with Crippen molar-refractivity contribution in [2.24, 2.45) is 0 Å². The van der Waals surface area contributed by atoms with Crippen LogP contribution in [0.1, 0.15) is 22.5 Å². The summed E-state index contributed by atoms with van der Waals surface area (Å²) >= 11 is 5.98. The molecule has 0 amide bonds. The van der Waals surface area contributed by atoms with Gasteiger partial charge in [-0.1, -0.05) is 48.0 Å². The van der Waals surface area contributed by atoms with Crippen molar-refractivity contribution >= 4 is 34.8 Å². The molecule has 0 spiro atoms. The second-order valence-electron chi connectivity index (χ2n) is 7.09. The fraction of sp³-hybridized carbons (Fsp3) is 0.160. The van der Waals surface area contributed by atoms with Gasteiger partial charge >= 0.3 is 0 Å². The van der Waals surface area contributed by atoms with Crippen molar-refractivity contribution in [3.63, 3.8) is 0 Å². The smallest absolute Gasteiger partial charge is 0.133 e. The van der Waals surface area contributed by atoms with E-state index in [1.54, 1.807) is 0 Å². The molecule has 0 atom stereocenters. The first kappa shape index (κ1) is 19.3. The zero-order valence-corrected chi connectivity index (χ0v) is 17.4. The van der Waals surface area contributed by atoms with Gasteiger partial charge in [-0.15, -0.1) is 0 Å². The number of fused-ring (bicyclic) bond motifs is 1. The quantitative estimate of drug-likeness (QED) is 0.365. The van der Waals surface area contributed by atoms with Crippen LogP contribution in [0.15, 0.2) is 66.7 Å². The lowest BCUT2D eigenvalue weighted by Crippen LogP contribution is -2.09. The number of para-hydroxylation sites is 2. The van der Waals surface area contributed by atoms with Gasteiger partial charge in [0.15, 0.2) is 0 Å². The maximum absolute atomic E-state index is 6.01. The summed E-state index contributed by atoms with van der Waals surface area (Å²) in [6.45, 7) is 5.50. The van der Waals surface area contributed by atoms with Gasteiger partial charge in [-0.25, -0.2) is 4.98 Å². The third-order valence-corrected chi connectivity index (χ3v) is 5.29. The Labute approximate surface area is 176 Å².